The molecule has 0 spiro atoms. The number of halogens is 6. The van der Waals surface area contributed by atoms with Gasteiger partial charge in [0, 0.05) is 16.8 Å². The highest BCUT2D eigenvalue weighted by atomic mass is 19.4. The molecule has 4 nitrogen and oxygen atoms in total. The summed E-state index contributed by atoms with van der Waals surface area (Å²) in [4.78, 5) is 23.8. The molecule has 0 saturated carbocycles. The first kappa shape index (κ1) is 20.3. The van der Waals surface area contributed by atoms with Crippen molar-refractivity contribution in [2.75, 3.05) is 11.9 Å². The van der Waals surface area contributed by atoms with Gasteiger partial charge in [-0.1, -0.05) is 12.1 Å². The third-order valence-electron chi connectivity index (χ3n) is 3.28. The number of nitrogens with one attached hydrogen (secondary N) is 2. The van der Waals surface area contributed by atoms with Gasteiger partial charge >= 0.3 is 12.4 Å². The van der Waals surface area contributed by atoms with Crippen molar-refractivity contribution in [3.63, 3.8) is 0 Å². The number of amides is 2. The first-order valence-electron chi connectivity index (χ1n) is 7.39. The molecule has 2 rings (SSSR count). The van der Waals surface area contributed by atoms with E-state index in [4.69, 9.17) is 0 Å². The van der Waals surface area contributed by atoms with Gasteiger partial charge in [-0.15, -0.1) is 0 Å². The van der Waals surface area contributed by atoms with Crippen molar-refractivity contribution in [2.24, 2.45) is 0 Å². The van der Waals surface area contributed by atoms with Crippen LogP contribution in [0.3, 0.4) is 0 Å². The first-order valence-corrected chi connectivity index (χ1v) is 7.39. The zero-order valence-electron chi connectivity index (χ0n) is 13.4. The van der Waals surface area contributed by atoms with Crippen molar-refractivity contribution in [3.05, 3.63) is 65.2 Å². The lowest BCUT2D eigenvalue weighted by atomic mass is 10.1. The second-order valence-electron chi connectivity index (χ2n) is 5.41. The van der Waals surface area contributed by atoms with Crippen LogP contribution < -0.4 is 10.6 Å². The molecular weight excluding hydrogens is 378 g/mol. The molecule has 2 N–H and O–H groups in total. The summed E-state index contributed by atoms with van der Waals surface area (Å²) in [6, 6.07) is 8.69. The molecule has 0 bridgehead atoms. The van der Waals surface area contributed by atoms with E-state index in [9.17, 15) is 35.9 Å². The molecule has 0 heterocycles. The monoisotopic (exact) mass is 390 g/mol. The van der Waals surface area contributed by atoms with E-state index in [0.717, 1.165) is 18.2 Å². The van der Waals surface area contributed by atoms with Gasteiger partial charge in [0.25, 0.3) is 11.8 Å². The standard InChI is InChI=1S/C17H12F6N2O2/c18-16(19,20)9-24-14(26)11-4-2-6-13(8-11)25-15(27)10-3-1-5-12(7-10)17(21,22)23/h1-8H,9H2,(H,24,26)(H,25,27). The van der Waals surface area contributed by atoms with E-state index in [1.807, 2.05) is 0 Å². The molecule has 2 amide bonds. The summed E-state index contributed by atoms with van der Waals surface area (Å²) < 4.78 is 74.5. The third-order valence-corrected chi connectivity index (χ3v) is 3.28. The molecule has 2 aromatic rings. The van der Waals surface area contributed by atoms with Crippen LogP contribution in [0.5, 0.6) is 0 Å². The van der Waals surface area contributed by atoms with E-state index in [1.165, 1.54) is 24.3 Å². The lowest BCUT2D eigenvalue weighted by Gasteiger charge is -2.11. The number of carbonyl (C=O) groups is 2. The normalized spacial score (nSPS) is 11.8. The number of carbonyl (C=O) groups excluding carboxylic acids is 2. The van der Waals surface area contributed by atoms with Crippen LogP contribution in [0.4, 0.5) is 32.0 Å². The van der Waals surface area contributed by atoms with Crippen LogP contribution in [0, 0.1) is 0 Å². The van der Waals surface area contributed by atoms with Gasteiger partial charge in [0.05, 0.1) is 5.56 Å². The van der Waals surface area contributed by atoms with Gasteiger partial charge in [0.1, 0.15) is 6.54 Å². The summed E-state index contributed by atoms with van der Waals surface area (Å²) in [6.07, 6.45) is -9.20. The number of alkyl halides is 6. The second-order valence-corrected chi connectivity index (χ2v) is 5.41. The molecule has 2 aromatic carbocycles. The highest BCUT2D eigenvalue weighted by Crippen LogP contribution is 2.29. The molecular formula is C17H12F6N2O2. The minimum atomic E-state index is -4.62. The van der Waals surface area contributed by atoms with Gasteiger partial charge in [0.15, 0.2) is 0 Å². The van der Waals surface area contributed by atoms with Gasteiger partial charge in [-0.2, -0.15) is 26.3 Å². The number of hydrogen-bond acceptors (Lipinski definition) is 2. The maximum absolute atomic E-state index is 12.7. The highest BCUT2D eigenvalue weighted by molar-refractivity contribution is 6.05. The average molecular weight is 390 g/mol. The van der Waals surface area contributed by atoms with E-state index < -0.39 is 36.3 Å². The van der Waals surface area contributed by atoms with E-state index >= 15 is 0 Å². The Balaban J connectivity index is 2.12. The van der Waals surface area contributed by atoms with Crippen LogP contribution in [0.1, 0.15) is 26.3 Å². The maximum Gasteiger partial charge on any atom is 0.416 e. The Morgan fingerprint density at radius 2 is 1.41 bits per heavy atom. The Bertz CT molecular complexity index is 846. The Kier molecular flexibility index (Phi) is 5.77. The summed E-state index contributed by atoms with van der Waals surface area (Å²) in [7, 11) is 0. The van der Waals surface area contributed by atoms with Gasteiger partial charge in [-0.3, -0.25) is 9.59 Å². The van der Waals surface area contributed by atoms with Crippen LogP contribution in [0.2, 0.25) is 0 Å². The van der Waals surface area contributed by atoms with Crippen LogP contribution in [0.15, 0.2) is 48.5 Å². The third kappa shape index (κ3) is 6.01. The second kappa shape index (κ2) is 7.68. The molecule has 0 atom stereocenters. The van der Waals surface area contributed by atoms with Crippen molar-refractivity contribution in [2.45, 2.75) is 12.4 Å². The molecule has 0 aromatic heterocycles. The highest BCUT2D eigenvalue weighted by Gasteiger charge is 2.31. The molecule has 0 aliphatic heterocycles. The molecule has 27 heavy (non-hydrogen) atoms. The fourth-order valence-corrected chi connectivity index (χ4v) is 2.06. The summed E-state index contributed by atoms with van der Waals surface area (Å²) in [5, 5.41) is 3.97. The quantitative estimate of drug-likeness (QED) is 0.767. The van der Waals surface area contributed by atoms with Crippen molar-refractivity contribution in [1.82, 2.24) is 5.32 Å². The zero-order valence-corrected chi connectivity index (χ0v) is 13.4. The Hall–Kier alpha value is -3.04. The van der Waals surface area contributed by atoms with Crippen molar-refractivity contribution >= 4 is 17.5 Å². The molecule has 0 aliphatic rings. The molecule has 0 radical (unpaired) electrons. The summed E-state index contributed by atoms with van der Waals surface area (Å²) in [6.45, 7) is -1.52. The van der Waals surface area contributed by atoms with E-state index in [2.05, 4.69) is 5.32 Å². The smallest absolute Gasteiger partial charge is 0.343 e. The summed E-state index contributed by atoms with van der Waals surface area (Å²) in [5.74, 6) is -1.88. The van der Waals surface area contributed by atoms with E-state index in [1.54, 1.807) is 5.32 Å². The zero-order chi connectivity index (χ0) is 20.2. The lowest BCUT2D eigenvalue weighted by Crippen LogP contribution is -2.33. The average Bonchev–Trinajstić information content (AvgIpc) is 2.58. The summed E-state index contributed by atoms with van der Waals surface area (Å²) in [5.41, 5.74) is -1.38. The van der Waals surface area contributed by atoms with E-state index in [-0.39, 0.29) is 16.8 Å². The largest absolute Gasteiger partial charge is 0.416 e. The van der Waals surface area contributed by atoms with Crippen molar-refractivity contribution in [1.29, 1.82) is 0 Å². The van der Waals surface area contributed by atoms with Crippen LogP contribution in [0.25, 0.3) is 0 Å². The number of hydrogen-bond donors (Lipinski definition) is 2. The van der Waals surface area contributed by atoms with Gasteiger partial charge in [-0.05, 0) is 36.4 Å². The minimum absolute atomic E-state index is 0.0390. The number of benzene rings is 2. The van der Waals surface area contributed by atoms with Gasteiger partial charge in [0.2, 0.25) is 0 Å². The summed E-state index contributed by atoms with van der Waals surface area (Å²) >= 11 is 0. The van der Waals surface area contributed by atoms with Crippen LogP contribution in [-0.4, -0.2) is 24.5 Å². The maximum atomic E-state index is 12.7. The molecule has 0 saturated heterocycles. The predicted octanol–water partition coefficient (Wildman–Crippen LogP) is 4.25. The first-order chi connectivity index (χ1) is 12.5. The van der Waals surface area contributed by atoms with Gasteiger partial charge in [-0.25, -0.2) is 0 Å². The van der Waals surface area contributed by atoms with Gasteiger partial charge < -0.3 is 10.6 Å². The topological polar surface area (TPSA) is 58.2 Å². The Morgan fingerprint density at radius 1 is 0.815 bits per heavy atom. The fraction of sp³-hybridized carbons (Fsp3) is 0.176. The molecule has 0 fully saturated rings. The molecule has 0 aliphatic carbocycles. The lowest BCUT2D eigenvalue weighted by molar-refractivity contribution is -0.137. The van der Waals surface area contributed by atoms with Crippen LogP contribution in [-0.2, 0) is 6.18 Å². The Morgan fingerprint density at radius 3 is 2.00 bits per heavy atom. The van der Waals surface area contributed by atoms with Crippen molar-refractivity contribution < 1.29 is 35.9 Å². The number of rotatable bonds is 4. The predicted molar refractivity (Wildman–Crippen MR) is 84.2 cm³/mol. The SMILES string of the molecule is O=C(NCC(F)(F)F)c1cccc(NC(=O)c2cccc(C(F)(F)F)c2)c1. The fourth-order valence-electron chi connectivity index (χ4n) is 2.06. The minimum Gasteiger partial charge on any atom is -0.343 e. The van der Waals surface area contributed by atoms with Crippen LogP contribution >= 0.6 is 0 Å². The Labute approximate surface area is 149 Å². The molecule has 0 unspecified atom stereocenters. The molecule has 144 valence electrons. The molecule has 10 heteroatoms. The van der Waals surface area contributed by atoms with E-state index in [0.29, 0.717) is 6.07 Å². The van der Waals surface area contributed by atoms with Crippen molar-refractivity contribution in [3.8, 4) is 0 Å². The number of anilines is 1.